The van der Waals surface area contributed by atoms with E-state index in [2.05, 4.69) is 4.98 Å². The Morgan fingerprint density at radius 1 is 1.14 bits per heavy atom. The number of halogens is 5. The van der Waals surface area contributed by atoms with Crippen molar-refractivity contribution < 1.29 is 33.9 Å². The number of aromatic nitrogens is 3. The van der Waals surface area contributed by atoms with Crippen LogP contribution in [-0.4, -0.2) is 49.0 Å². The lowest BCUT2D eigenvalue weighted by Crippen LogP contribution is -2.50. The zero-order valence-corrected chi connectivity index (χ0v) is 20.1. The summed E-state index contributed by atoms with van der Waals surface area (Å²) in [5, 5.41) is 10.8. The second-order valence-electron chi connectivity index (χ2n) is 8.50. The van der Waals surface area contributed by atoms with Gasteiger partial charge in [0.1, 0.15) is 23.7 Å². The molecule has 0 N–H and O–H groups in total. The van der Waals surface area contributed by atoms with Crippen LogP contribution in [0.25, 0.3) is 5.69 Å². The number of imidazole rings is 1. The molecule has 0 radical (unpaired) electrons. The summed E-state index contributed by atoms with van der Waals surface area (Å²) in [6, 6.07) is 2.77. The van der Waals surface area contributed by atoms with Crippen molar-refractivity contribution >= 4 is 21.8 Å². The minimum Gasteiger partial charge on any atom is -0.490 e. The second kappa shape index (κ2) is 8.03. The van der Waals surface area contributed by atoms with E-state index in [1.54, 1.807) is 13.1 Å². The number of pyridine rings is 1. The summed E-state index contributed by atoms with van der Waals surface area (Å²) in [6.45, 7) is 2.62. The third-order valence-electron chi connectivity index (χ3n) is 5.75. The third-order valence-corrected chi connectivity index (χ3v) is 6.90. The zero-order valence-electron chi connectivity index (χ0n) is 19.3. The molecule has 0 saturated carbocycles. The van der Waals surface area contributed by atoms with Crippen molar-refractivity contribution in [2.75, 3.05) is 13.2 Å². The minimum atomic E-state index is -10.3. The summed E-state index contributed by atoms with van der Waals surface area (Å²) >= 11 is 0. The lowest BCUT2D eigenvalue weighted by Gasteiger charge is -2.41. The van der Waals surface area contributed by atoms with E-state index in [1.165, 1.54) is 39.4 Å². The van der Waals surface area contributed by atoms with Crippen LogP contribution in [0, 0.1) is 17.0 Å². The van der Waals surface area contributed by atoms with Crippen LogP contribution < -0.4 is 10.3 Å². The summed E-state index contributed by atoms with van der Waals surface area (Å²) in [7, 11) is -10.3. The smallest absolute Gasteiger partial charge is 0.314 e. The van der Waals surface area contributed by atoms with Gasteiger partial charge in [0, 0.05) is 31.4 Å². The highest BCUT2D eigenvalue weighted by molar-refractivity contribution is 8.45. The van der Waals surface area contributed by atoms with Gasteiger partial charge in [0.15, 0.2) is 4.90 Å². The topological polar surface area (TPSA) is 113 Å². The normalized spacial score (nSPS) is 16.5. The Balaban J connectivity index is 1.57. The number of rotatable bonds is 7. The Bertz CT molecular complexity index is 1490. The Hall–Kier alpha value is -3.95. The molecule has 0 saturated heterocycles. The maximum atomic E-state index is 13.5. The fourth-order valence-electron chi connectivity index (χ4n) is 3.93. The van der Waals surface area contributed by atoms with Crippen LogP contribution in [0.5, 0.6) is 5.75 Å². The molecule has 3 heterocycles. The van der Waals surface area contributed by atoms with Gasteiger partial charge in [-0.15, -0.1) is 0 Å². The van der Waals surface area contributed by atoms with E-state index >= 15 is 0 Å². The number of fused-ring (bicyclic) bond motifs is 1. The van der Waals surface area contributed by atoms with Gasteiger partial charge in [0.25, 0.3) is 17.2 Å². The van der Waals surface area contributed by atoms with Crippen molar-refractivity contribution in [3.05, 3.63) is 74.7 Å². The molecule has 37 heavy (non-hydrogen) atoms. The molecule has 1 aliphatic rings. The quantitative estimate of drug-likeness (QED) is 0.237. The molecule has 0 bridgehead atoms. The van der Waals surface area contributed by atoms with Crippen LogP contribution in [0.15, 0.2) is 52.5 Å². The molecule has 0 unspecified atom stereocenters. The molecule has 0 spiro atoms. The zero-order chi connectivity index (χ0) is 27.4. The molecule has 200 valence electrons. The van der Waals surface area contributed by atoms with E-state index in [0.29, 0.717) is 17.8 Å². The van der Waals surface area contributed by atoms with Gasteiger partial charge >= 0.3 is 10.2 Å². The average Bonchev–Trinajstić information content (AvgIpc) is 3.22. The fraction of sp³-hybridized carbons (Fsp3) is 0.286. The Morgan fingerprint density at radius 2 is 1.84 bits per heavy atom. The Kier molecular flexibility index (Phi) is 5.67. The van der Waals surface area contributed by atoms with E-state index in [1.807, 2.05) is 0 Å². The molecule has 16 heteroatoms. The van der Waals surface area contributed by atoms with Crippen LogP contribution in [0.4, 0.5) is 25.1 Å². The van der Waals surface area contributed by atoms with Crippen LogP contribution >= 0.6 is 10.2 Å². The third kappa shape index (κ3) is 5.14. The standard InChI is InChI=1S/C21H20F5N5O5S/c1-13-10-28(12-27-13)16-4-5-17-21(33)29(7-8-30(17)20(16)32)14(2)11-36-18-6-3-15(31(34)35)9-19(18)37(22,23,24,25)26/h3-6,9-10,12,14H,7-8,11H2,1-2H3/t14-/m0/s1. The van der Waals surface area contributed by atoms with Crippen LogP contribution in [0.1, 0.15) is 23.1 Å². The predicted molar refractivity (Wildman–Crippen MR) is 123 cm³/mol. The molecule has 1 atom stereocenters. The van der Waals surface area contributed by atoms with Gasteiger partial charge in [-0.25, -0.2) is 4.98 Å². The number of aryl methyl sites for hydroxylation is 1. The second-order valence-corrected chi connectivity index (χ2v) is 10.9. The number of hydrogen-bond donors (Lipinski definition) is 0. The molecule has 1 aliphatic heterocycles. The fourth-order valence-corrected chi connectivity index (χ4v) is 4.78. The van der Waals surface area contributed by atoms with Crippen molar-refractivity contribution in [1.29, 1.82) is 0 Å². The van der Waals surface area contributed by atoms with Crippen molar-refractivity contribution in [2.45, 2.75) is 31.3 Å². The van der Waals surface area contributed by atoms with Gasteiger partial charge < -0.3 is 18.8 Å². The Morgan fingerprint density at radius 3 is 2.43 bits per heavy atom. The average molecular weight is 549 g/mol. The summed E-state index contributed by atoms with van der Waals surface area (Å²) in [6.07, 6.45) is 3.09. The molecule has 0 fully saturated rings. The van der Waals surface area contributed by atoms with Crippen LogP contribution in [0.2, 0.25) is 0 Å². The summed E-state index contributed by atoms with van der Waals surface area (Å²) in [5.74, 6) is -1.90. The van der Waals surface area contributed by atoms with Crippen LogP contribution in [0.3, 0.4) is 0 Å². The number of nitro benzene ring substituents is 1. The van der Waals surface area contributed by atoms with Crippen molar-refractivity contribution in [3.63, 3.8) is 0 Å². The van der Waals surface area contributed by atoms with Gasteiger partial charge in [-0.1, -0.05) is 19.4 Å². The number of nitro groups is 1. The Labute approximate surface area is 205 Å². The van der Waals surface area contributed by atoms with Crippen molar-refractivity contribution in [1.82, 2.24) is 19.0 Å². The molecular weight excluding hydrogens is 529 g/mol. The minimum absolute atomic E-state index is 0.00263. The molecule has 1 aromatic carbocycles. The molecule has 3 aromatic rings. The highest BCUT2D eigenvalue weighted by atomic mass is 32.5. The van der Waals surface area contributed by atoms with Gasteiger partial charge in [-0.05, 0) is 32.0 Å². The molecule has 2 aromatic heterocycles. The first-order chi connectivity index (χ1) is 17.0. The van der Waals surface area contributed by atoms with Gasteiger partial charge in [-0.3, -0.25) is 19.7 Å². The molecule has 10 nitrogen and oxygen atoms in total. The number of non-ortho nitro benzene ring substituents is 1. The number of hydrogen-bond acceptors (Lipinski definition) is 6. The summed E-state index contributed by atoms with van der Waals surface area (Å²) in [4.78, 5) is 38.3. The van der Waals surface area contributed by atoms with Gasteiger partial charge in [-0.2, -0.15) is 0 Å². The number of ether oxygens (including phenoxy) is 1. The highest BCUT2D eigenvalue weighted by Crippen LogP contribution is 3.03. The number of carbonyl (C=O) groups excluding carboxylic acids is 1. The molecular formula is C21H20F5N5O5S. The lowest BCUT2D eigenvalue weighted by atomic mass is 10.2. The monoisotopic (exact) mass is 549 g/mol. The largest absolute Gasteiger partial charge is 0.490 e. The number of benzene rings is 1. The molecule has 0 aliphatic carbocycles. The van der Waals surface area contributed by atoms with E-state index in [9.17, 15) is 39.1 Å². The first-order valence-corrected chi connectivity index (χ1v) is 12.6. The van der Waals surface area contributed by atoms with Crippen molar-refractivity contribution in [2.24, 2.45) is 0 Å². The first-order valence-electron chi connectivity index (χ1n) is 10.7. The molecule has 1 amide bonds. The lowest BCUT2D eigenvalue weighted by molar-refractivity contribution is -0.385. The summed E-state index contributed by atoms with van der Waals surface area (Å²) in [5.41, 5.74) is -0.643. The van der Waals surface area contributed by atoms with Gasteiger partial charge in [0.05, 0.1) is 23.0 Å². The first kappa shape index (κ1) is 26.1. The molecule has 4 rings (SSSR count). The number of nitrogens with zero attached hydrogens (tertiary/aromatic N) is 5. The van der Waals surface area contributed by atoms with Gasteiger partial charge in [0.2, 0.25) is 0 Å². The highest BCUT2D eigenvalue weighted by Gasteiger charge is 2.67. The van der Waals surface area contributed by atoms with Crippen LogP contribution in [-0.2, 0) is 6.54 Å². The summed E-state index contributed by atoms with van der Waals surface area (Å²) < 4.78 is 75.5. The number of amides is 1. The van der Waals surface area contributed by atoms with E-state index in [4.69, 9.17) is 4.74 Å². The van der Waals surface area contributed by atoms with E-state index in [0.717, 1.165) is 0 Å². The SMILES string of the molecule is Cc1cn(-c2ccc3n(c2=O)CCN([C@@H](C)COc2ccc([N+](=O)[O-])cc2S(F)(F)(F)(F)F)C3=O)cn1. The van der Waals surface area contributed by atoms with E-state index < -0.39 is 55.6 Å². The van der Waals surface area contributed by atoms with Crippen molar-refractivity contribution in [3.8, 4) is 11.4 Å². The maximum absolute atomic E-state index is 13.5. The maximum Gasteiger partial charge on any atom is 0.314 e. The predicted octanol–water partition coefficient (Wildman–Crippen LogP) is 4.83. The number of carbonyl (C=O) groups is 1. The van der Waals surface area contributed by atoms with E-state index in [-0.39, 0.29) is 30.5 Å².